The van der Waals surface area contributed by atoms with Gasteiger partial charge in [0.2, 0.25) is 5.75 Å². The van der Waals surface area contributed by atoms with Gasteiger partial charge in [0.05, 0.1) is 10.4 Å². The van der Waals surface area contributed by atoms with Gasteiger partial charge in [-0.3, -0.25) is 14.9 Å². The van der Waals surface area contributed by atoms with E-state index in [1.807, 2.05) is 0 Å². The van der Waals surface area contributed by atoms with E-state index in [2.05, 4.69) is 0 Å². The quantitative estimate of drug-likeness (QED) is 0.326. The molecule has 1 N–H and O–H groups in total. The van der Waals surface area contributed by atoms with E-state index < -0.39 is 38.7 Å². The van der Waals surface area contributed by atoms with Crippen LogP contribution >= 0.6 is 0 Å². The summed E-state index contributed by atoms with van der Waals surface area (Å²) in [6.45, 7) is 1.81. The summed E-state index contributed by atoms with van der Waals surface area (Å²) in [5.41, 5.74) is -3.52. The molecule has 0 aliphatic carbocycles. The van der Waals surface area contributed by atoms with E-state index in [0.717, 1.165) is 12.1 Å². The Hall–Kier alpha value is -2.23. The van der Waals surface area contributed by atoms with Gasteiger partial charge in [-0.1, -0.05) is 0 Å². The maximum Gasteiger partial charge on any atom is 0.419 e. The molecule has 0 unspecified atom stereocenters. The summed E-state index contributed by atoms with van der Waals surface area (Å²) in [6, 6.07) is 3.48. The second kappa shape index (κ2) is 6.34. The molecule has 2 aromatic heterocycles. The molecule has 3 rings (SSSR count). The number of halogens is 1. The van der Waals surface area contributed by atoms with Gasteiger partial charge in [-0.05, 0) is 25.1 Å². The molecule has 119 valence electrons. The Kier molecular flexibility index (Phi) is 4.79. The second-order valence-corrected chi connectivity index (χ2v) is 4.76. The van der Waals surface area contributed by atoms with E-state index in [1.165, 1.54) is 10.6 Å². The number of nitrogens with zero attached hydrogens (tertiary/aromatic N) is 2. The SMILES string of the molecule is CCn1c(=O)c2c(O)c([N+](=O)[O-])c(=O)oc2c2cc(F)ccc21.[Na]. The Morgan fingerprint density at radius 2 is 2.04 bits per heavy atom. The molecular formula is C14H9FN2NaO6. The number of aromatic hydroxyl groups is 1. The van der Waals surface area contributed by atoms with Gasteiger partial charge in [-0.15, -0.1) is 0 Å². The van der Waals surface area contributed by atoms with Crippen molar-refractivity contribution in [1.82, 2.24) is 4.57 Å². The smallest absolute Gasteiger partial charge is 0.419 e. The van der Waals surface area contributed by atoms with Crippen LogP contribution < -0.4 is 11.2 Å². The van der Waals surface area contributed by atoms with Crippen molar-refractivity contribution in [3.05, 3.63) is 54.9 Å². The summed E-state index contributed by atoms with van der Waals surface area (Å²) in [7, 11) is 0. The minimum atomic E-state index is -1.42. The third kappa shape index (κ3) is 2.50. The van der Waals surface area contributed by atoms with Crippen LogP contribution in [0.2, 0.25) is 0 Å². The van der Waals surface area contributed by atoms with Crippen LogP contribution in [0.3, 0.4) is 0 Å². The van der Waals surface area contributed by atoms with Crippen molar-refractivity contribution in [3.8, 4) is 5.75 Å². The third-order valence-electron chi connectivity index (χ3n) is 3.53. The number of fused-ring (bicyclic) bond motifs is 3. The van der Waals surface area contributed by atoms with E-state index in [1.54, 1.807) is 6.92 Å². The third-order valence-corrected chi connectivity index (χ3v) is 3.53. The molecule has 0 amide bonds. The zero-order chi connectivity index (χ0) is 16.9. The molecule has 0 atom stereocenters. The van der Waals surface area contributed by atoms with Crippen LogP contribution in [0.15, 0.2) is 32.2 Å². The number of aryl methyl sites for hydroxylation is 1. The van der Waals surface area contributed by atoms with Gasteiger partial charge in [0.1, 0.15) is 11.2 Å². The van der Waals surface area contributed by atoms with E-state index in [4.69, 9.17) is 4.42 Å². The van der Waals surface area contributed by atoms with Gasteiger partial charge >= 0.3 is 11.3 Å². The van der Waals surface area contributed by atoms with Gasteiger partial charge in [0.15, 0.2) is 5.58 Å². The Morgan fingerprint density at radius 1 is 1.38 bits per heavy atom. The van der Waals surface area contributed by atoms with E-state index >= 15 is 0 Å². The van der Waals surface area contributed by atoms with Crippen molar-refractivity contribution in [2.24, 2.45) is 0 Å². The summed E-state index contributed by atoms with van der Waals surface area (Å²) in [5.74, 6) is -1.74. The first kappa shape index (κ1) is 18.1. The van der Waals surface area contributed by atoms with Gasteiger partial charge < -0.3 is 14.1 Å². The van der Waals surface area contributed by atoms with Gasteiger partial charge in [0, 0.05) is 41.5 Å². The first-order chi connectivity index (χ1) is 10.9. The zero-order valence-electron chi connectivity index (χ0n) is 12.7. The molecule has 0 fully saturated rings. The maximum atomic E-state index is 13.5. The fraction of sp³-hybridized carbons (Fsp3) is 0.143. The van der Waals surface area contributed by atoms with Crippen molar-refractivity contribution < 1.29 is 18.8 Å². The summed E-state index contributed by atoms with van der Waals surface area (Å²) in [4.78, 5) is 34.0. The van der Waals surface area contributed by atoms with Crippen LogP contribution in [0.25, 0.3) is 21.9 Å². The van der Waals surface area contributed by atoms with Crippen molar-refractivity contribution in [1.29, 1.82) is 0 Å². The molecule has 0 saturated carbocycles. The monoisotopic (exact) mass is 343 g/mol. The number of rotatable bonds is 2. The fourth-order valence-electron chi connectivity index (χ4n) is 2.55. The Bertz CT molecular complexity index is 1100. The molecule has 2 heterocycles. The molecule has 0 aliphatic heterocycles. The summed E-state index contributed by atoms with van der Waals surface area (Å²) >= 11 is 0. The first-order valence-corrected chi connectivity index (χ1v) is 6.53. The number of hydrogen-bond acceptors (Lipinski definition) is 6. The zero-order valence-corrected chi connectivity index (χ0v) is 14.7. The molecule has 0 aliphatic rings. The van der Waals surface area contributed by atoms with Crippen molar-refractivity contribution in [3.63, 3.8) is 0 Å². The molecule has 0 bridgehead atoms. The van der Waals surface area contributed by atoms with E-state index in [0.29, 0.717) is 0 Å². The van der Waals surface area contributed by atoms with Gasteiger partial charge in [-0.25, -0.2) is 9.18 Å². The molecule has 8 nitrogen and oxygen atoms in total. The van der Waals surface area contributed by atoms with Crippen LogP contribution in [0, 0.1) is 15.9 Å². The summed E-state index contributed by atoms with van der Waals surface area (Å²) in [6.07, 6.45) is 0. The molecule has 0 saturated heterocycles. The Labute approximate surface area is 154 Å². The molecule has 10 heteroatoms. The minimum absolute atomic E-state index is 0. The van der Waals surface area contributed by atoms with Crippen LogP contribution in [0.4, 0.5) is 10.1 Å². The van der Waals surface area contributed by atoms with Crippen LogP contribution in [-0.4, -0.2) is 44.2 Å². The average Bonchev–Trinajstić information content (AvgIpc) is 2.47. The van der Waals surface area contributed by atoms with Gasteiger partial charge in [-0.2, -0.15) is 0 Å². The molecule has 24 heavy (non-hydrogen) atoms. The van der Waals surface area contributed by atoms with Crippen LogP contribution in [-0.2, 0) is 6.54 Å². The van der Waals surface area contributed by atoms with Crippen LogP contribution in [0.1, 0.15) is 6.92 Å². The molecule has 1 aromatic carbocycles. The fourth-order valence-corrected chi connectivity index (χ4v) is 2.55. The van der Waals surface area contributed by atoms with Crippen molar-refractivity contribution >= 4 is 57.1 Å². The normalized spacial score (nSPS) is 10.8. The summed E-state index contributed by atoms with van der Waals surface area (Å²) < 4.78 is 19.6. The number of hydrogen-bond donors (Lipinski definition) is 1. The number of pyridine rings is 1. The van der Waals surface area contributed by atoms with Gasteiger partial charge in [0.25, 0.3) is 5.56 Å². The molecule has 0 spiro atoms. The van der Waals surface area contributed by atoms with Crippen LogP contribution in [0.5, 0.6) is 5.75 Å². The molecular weight excluding hydrogens is 334 g/mol. The maximum absolute atomic E-state index is 13.5. The van der Waals surface area contributed by atoms with Crippen molar-refractivity contribution in [2.45, 2.75) is 13.5 Å². The number of aromatic nitrogens is 1. The molecule has 3 aromatic rings. The predicted molar refractivity (Wildman–Crippen MR) is 84.0 cm³/mol. The van der Waals surface area contributed by atoms with E-state index in [-0.39, 0.29) is 52.6 Å². The van der Waals surface area contributed by atoms with E-state index in [9.17, 15) is 29.2 Å². The standard InChI is InChI=1S/C14H9FN2O6.Na/c1-2-16-8-4-3-6(15)5-7(8)12-9(13(16)19)11(18)10(17(21)22)14(20)23-12;/h3-5,18H,2H2,1H3;. The number of nitro groups is 1. The average molecular weight is 343 g/mol. The minimum Gasteiger partial charge on any atom is -0.501 e. The number of benzene rings is 1. The Balaban J connectivity index is 0.00000208. The van der Waals surface area contributed by atoms with Crippen molar-refractivity contribution in [2.75, 3.05) is 0 Å². The largest absolute Gasteiger partial charge is 0.501 e. The topological polar surface area (TPSA) is 116 Å². The second-order valence-electron chi connectivity index (χ2n) is 4.76. The molecule has 1 radical (unpaired) electrons. The summed E-state index contributed by atoms with van der Waals surface area (Å²) in [5, 5.41) is 20.4. The Morgan fingerprint density at radius 3 is 2.62 bits per heavy atom. The first-order valence-electron chi connectivity index (χ1n) is 6.53. The predicted octanol–water partition coefficient (Wildman–Crippen LogP) is 1.50.